The van der Waals surface area contributed by atoms with Crippen LogP contribution >= 0.6 is 11.6 Å². The van der Waals surface area contributed by atoms with Crippen LogP contribution in [-0.2, 0) is 0 Å². The van der Waals surface area contributed by atoms with Crippen molar-refractivity contribution in [3.63, 3.8) is 0 Å². The maximum atomic E-state index is 13.7. The van der Waals surface area contributed by atoms with Gasteiger partial charge < -0.3 is 5.32 Å². The van der Waals surface area contributed by atoms with Gasteiger partial charge >= 0.3 is 5.69 Å². The van der Waals surface area contributed by atoms with Crippen molar-refractivity contribution in [2.75, 3.05) is 12.4 Å². The number of nitrogens with zero attached hydrogens (tertiary/aromatic N) is 1. The molecule has 0 aliphatic heterocycles. The minimum absolute atomic E-state index is 0.0290. The molecular formula is C12H13ClF2N2O3. The highest BCUT2D eigenvalue weighted by atomic mass is 35.5. The first kappa shape index (κ1) is 16.3. The average molecular weight is 307 g/mol. The lowest BCUT2D eigenvalue weighted by Crippen LogP contribution is -2.30. The second-order valence-electron chi connectivity index (χ2n) is 4.31. The zero-order chi connectivity index (χ0) is 15.3. The highest BCUT2D eigenvalue weighted by molar-refractivity contribution is 6.17. The van der Waals surface area contributed by atoms with E-state index < -0.39 is 33.7 Å². The fourth-order valence-electron chi connectivity index (χ4n) is 1.53. The molecule has 0 saturated carbocycles. The van der Waals surface area contributed by atoms with E-state index in [2.05, 4.69) is 5.32 Å². The third kappa shape index (κ3) is 3.86. The van der Waals surface area contributed by atoms with Crippen molar-refractivity contribution in [3.05, 3.63) is 39.4 Å². The van der Waals surface area contributed by atoms with Crippen LogP contribution in [0.2, 0.25) is 0 Å². The summed E-state index contributed by atoms with van der Waals surface area (Å²) in [6.07, 6.45) is 0.627. The Morgan fingerprint density at radius 3 is 2.70 bits per heavy atom. The van der Waals surface area contributed by atoms with Gasteiger partial charge in [0.2, 0.25) is 5.82 Å². The fraction of sp³-hybridized carbons (Fsp3) is 0.417. The van der Waals surface area contributed by atoms with Gasteiger partial charge in [0.05, 0.1) is 4.92 Å². The maximum absolute atomic E-state index is 13.7. The van der Waals surface area contributed by atoms with Gasteiger partial charge in [-0.1, -0.05) is 6.92 Å². The van der Waals surface area contributed by atoms with Crippen molar-refractivity contribution in [2.24, 2.45) is 5.92 Å². The summed E-state index contributed by atoms with van der Waals surface area (Å²) in [6, 6.07) is 1.37. The molecule has 0 aromatic heterocycles. The Morgan fingerprint density at radius 2 is 2.15 bits per heavy atom. The van der Waals surface area contributed by atoms with E-state index in [0.717, 1.165) is 0 Å². The number of nitro groups is 1. The number of carbonyl (C=O) groups excluding carboxylic acids is 1. The Kier molecular flexibility index (Phi) is 5.82. The Bertz CT molecular complexity index is 526. The Labute approximate surface area is 119 Å². The topological polar surface area (TPSA) is 72.2 Å². The molecule has 0 heterocycles. The second-order valence-corrected chi connectivity index (χ2v) is 4.68. The molecular weight excluding hydrogens is 294 g/mol. The van der Waals surface area contributed by atoms with Crippen molar-refractivity contribution in [1.82, 2.24) is 5.32 Å². The van der Waals surface area contributed by atoms with Crippen molar-refractivity contribution in [1.29, 1.82) is 0 Å². The van der Waals surface area contributed by atoms with Crippen LogP contribution in [0.4, 0.5) is 14.5 Å². The molecule has 0 aliphatic rings. The number of hydrogen-bond acceptors (Lipinski definition) is 3. The Hall–Kier alpha value is -1.76. The van der Waals surface area contributed by atoms with Crippen LogP contribution in [0.15, 0.2) is 12.1 Å². The third-order valence-corrected chi connectivity index (χ3v) is 2.93. The molecule has 8 heteroatoms. The van der Waals surface area contributed by atoms with Gasteiger partial charge in [0.1, 0.15) is 11.4 Å². The third-order valence-electron chi connectivity index (χ3n) is 2.71. The number of benzene rings is 1. The molecule has 5 nitrogen and oxygen atoms in total. The predicted octanol–water partition coefficient (Wildman–Crippen LogP) is 2.87. The second kappa shape index (κ2) is 7.14. The van der Waals surface area contributed by atoms with Gasteiger partial charge in [0.25, 0.3) is 5.91 Å². The summed E-state index contributed by atoms with van der Waals surface area (Å²) in [7, 11) is 0. The number of alkyl halides is 1. The Morgan fingerprint density at radius 1 is 1.50 bits per heavy atom. The lowest BCUT2D eigenvalue weighted by atomic mass is 10.1. The van der Waals surface area contributed by atoms with Crippen LogP contribution in [0.1, 0.15) is 23.7 Å². The number of nitrogens with one attached hydrogen (secondary N) is 1. The van der Waals surface area contributed by atoms with E-state index in [-0.39, 0.29) is 12.5 Å². The van der Waals surface area contributed by atoms with E-state index in [0.29, 0.717) is 24.4 Å². The van der Waals surface area contributed by atoms with Gasteiger partial charge in [0, 0.05) is 18.5 Å². The SMILES string of the molecule is CC(CCCl)CNC(=O)c1c(F)ccc([N+](=O)[O-])c1F. The average Bonchev–Trinajstić information content (AvgIpc) is 2.36. The molecule has 110 valence electrons. The van der Waals surface area contributed by atoms with E-state index in [4.69, 9.17) is 11.6 Å². The van der Waals surface area contributed by atoms with Gasteiger partial charge in [0.15, 0.2) is 0 Å². The quantitative estimate of drug-likeness (QED) is 0.499. The van der Waals surface area contributed by atoms with Crippen LogP contribution in [0.5, 0.6) is 0 Å². The van der Waals surface area contributed by atoms with Crippen LogP contribution in [0.3, 0.4) is 0 Å². The largest absolute Gasteiger partial charge is 0.352 e. The number of hydrogen-bond donors (Lipinski definition) is 1. The predicted molar refractivity (Wildman–Crippen MR) is 69.8 cm³/mol. The lowest BCUT2D eigenvalue weighted by molar-refractivity contribution is -0.387. The first-order valence-corrected chi connectivity index (χ1v) is 6.38. The standard InChI is InChI=1S/C12H13ClF2N2O3/c1-7(4-5-13)6-16-12(18)10-8(14)2-3-9(11(10)15)17(19)20/h2-3,7H,4-6H2,1H3,(H,16,18). The molecule has 1 rings (SSSR count). The first-order valence-electron chi connectivity index (χ1n) is 5.85. The monoisotopic (exact) mass is 306 g/mol. The molecule has 1 aromatic rings. The number of amides is 1. The van der Waals surface area contributed by atoms with Crippen molar-refractivity contribution in [3.8, 4) is 0 Å². The van der Waals surface area contributed by atoms with Crippen molar-refractivity contribution < 1.29 is 18.5 Å². The molecule has 0 spiro atoms. The summed E-state index contributed by atoms with van der Waals surface area (Å²) >= 11 is 5.53. The molecule has 1 aromatic carbocycles. The van der Waals surface area contributed by atoms with Crippen LogP contribution in [0, 0.1) is 27.7 Å². The number of rotatable bonds is 6. The Balaban J connectivity index is 2.92. The zero-order valence-corrected chi connectivity index (χ0v) is 11.4. The summed E-state index contributed by atoms with van der Waals surface area (Å²) in [5.74, 6) is -3.21. The summed E-state index contributed by atoms with van der Waals surface area (Å²) < 4.78 is 27.2. The smallest absolute Gasteiger partial charge is 0.305 e. The molecule has 1 unspecified atom stereocenters. The highest BCUT2D eigenvalue weighted by Crippen LogP contribution is 2.23. The fourth-order valence-corrected chi connectivity index (χ4v) is 1.91. The van der Waals surface area contributed by atoms with E-state index >= 15 is 0 Å². The molecule has 1 N–H and O–H groups in total. The normalized spacial score (nSPS) is 12.0. The molecule has 1 atom stereocenters. The van der Waals surface area contributed by atoms with E-state index in [1.807, 2.05) is 6.92 Å². The van der Waals surface area contributed by atoms with E-state index in [9.17, 15) is 23.7 Å². The molecule has 20 heavy (non-hydrogen) atoms. The molecule has 0 aliphatic carbocycles. The van der Waals surface area contributed by atoms with Crippen LogP contribution in [-0.4, -0.2) is 23.3 Å². The van der Waals surface area contributed by atoms with Gasteiger partial charge in [-0.05, 0) is 18.4 Å². The minimum atomic E-state index is -1.47. The van der Waals surface area contributed by atoms with Crippen LogP contribution in [0.25, 0.3) is 0 Å². The number of carbonyl (C=O) groups is 1. The molecule has 0 saturated heterocycles. The summed E-state index contributed by atoms with van der Waals surface area (Å²) in [4.78, 5) is 21.3. The number of nitro benzene ring substituents is 1. The van der Waals surface area contributed by atoms with Gasteiger partial charge in [-0.3, -0.25) is 14.9 Å². The molecule has 0 fully saturated rings. The molecule has 0 bridgehead atoms. The van der Waals surface area contributed by atoms with E-state index in [1.54, 1.807) is 0 Å². The zero-order valence-electron chi connectivity index (χ0n) is 10.7. The lowest BCUT2D eigenvalue weighted by Gasteiger charge is -2.11. The number of halogens is 3. The summed E-state index contributed by atoms with van der Waals surface area (Å²) in [6.45, 7) is 1.98. The highest BCUT2D eigenvalue weighted by Gasteiger charge is 2.26. The van der Waals surface area contributed by atoms with Gasteiger partial charge in [-0.15, -0.1) is 11.6 Å². The van der Waals surface area contributed by atoms with Gasteiger partial charge in [-0.25, -0.2) is 4.39 Å². The molecule has 1 amide bonds. The van der Waals surface area contributed by atoms with Gasteiger partial charge in [-0.2, -0.15) is 4.39 Å². The molecule has 0 radical (unpaired) electrons. The summed E-state index contributed by atoms with van der Waals surface area (Å²) in [5, 5.41) is 12.9. The van der Waals surface area contributed by atoms with Crippen molar-refractivity contribution in [2.45, 2.75) is 13.3 Å². The maximum Gasteiger partial charge on any atom is 0.305 e. The van der Waals surface area contributed by atoms with Crippen molar-refractivity contribution >= 4 is 23.2 Å². The summed E-state index contributed by atoms with van der Waals surface area (Å²) in [5.41, 5.74) is -1.89. The first-order chi connectivity index (χ1) is 9.38. The van der Waals surface area contributed by atoms with E-state index in [1.165, 1.54) is 0 Å². The van der Waals surface area contributed by atoms with Crippen LogP contribution < -0.4 is 5.32 Å². The minimum Gasteiger partial charge on any atom is -0.352 e.